The van der Waals surface area contributed by atoms with Gasteiger partial charge in [-0.05, 0) is 26.1 Å². The molecule has 0 saturated heterocycles. The topological polar surface area (TPSA) is 50.9 Å². The average molecular weight is 151 g/mol. The van der Waals surface area contributed by atoms with Crippen LogP contribution in [0.5, 0.6) is 0 Å². The highest BCUT2D eigenvalue weighted by molar-refractivity contribution is 5.43. The molecule has 1 heterocycles. The van der Waals surface area contributed by atoms with Gasteiger partial charge in [0.15, 0.2) is 0 Å². The van der Waals surface area contributed by atoms with Gasteiger partial charge in [0.2, 0.25) is 0 Å². The highest BCUT2D eigenvalue weighted by Gasteiger charge is 2.05. The summed E-state index contributed by atoms with van der Waals surface area (Å²) < 4.78 is 0. The van der Waals surface area contributed by atoms with E-state index in [1.54, 1.807) is 6.20 Å². The first kappa shape index (κ1) is 8.01. The largest absolute Gasteiger partial charge is 0.397 e. The molecule has 0 aromatic carbocycles. The lowest BCUT2D eigenvalue weighted by molar-refractivity contribution is 0.635. The molecule has 3 N–H and O–H groups in total. The van der Waals surface area contributed by atoms with E-state index in [-0.39, 0.29) is 6.04 Å². The normalized spacial score (nSPS) is 12.9. The van der Waals surface area contributed by atoms with Crippen molar-refractivity contribution in [3.63, 3.8) is 0 Å². The van der Waals surface area contributed by atoms with Gasteiger partial charge in [0.05, 0.1) is 11.4 Å². The van der Waals surface area contributed by atoms with E-state index in [0.29, 0.717) is 0 Å². The van der Waals surface area contributed by atoms with E-state index in [2.05, 4.69) is 10.3 Å². The summed E-state index contributed by atoms with van der Waals surface area (Å²) >= 11 is 0. The second-order valence-corrected chi connectivity index (χ2v) is 2.49. The molecular weight excluding hydrogens is 138 g/mol. The minimum atomic E-state index is 0.219. The van der Waals surface area contributed by atoms with E-state index >= 15 is 0 Å². The number of anilines is 1. The quantitative estimate of drug-likeness (QED) is 0.661. The van der Waals surface area contributed by atoms with Gasteiger partial charge < -0.3 is 11.1 Å². The molecular formula is C8H13N3. The standard InChI is InChI=1S/C8H13N3/c1-6(10-2)8-7(9)4-3-5-11-8/h3-6,10H,9H2,1-2H3. The predicted molar refractivity (Wildman–Crippen MR) is 46.1 cm³/mol. The molecule has 1 rings (SSSR count). The Morgan fingerprint density at radius 2 is 2.36 bits per heavy atom. The van der Waals surface area contributed by atoms with Crippen LogP contribution in [0.1, 0.15) is 18.7 Å². The number of nitrogens with one attached hydrogen (secondary N) is 1. The van der Waals surface area contributed by atoms with Crippen molar-refractivity contribution in [3.8, 4) is 0 Å². The highest BCUT2D eigenvalue weighted by Crippen LogP contribution is 2.15. The molecule has 1 unspecified atom stereocenters. The number of aromatic nitrogens is 1. The number of nitrogen functional groups attached to an aromatic ring is 1. The van der Waals surface area contributed by atoms with E-state index in [1.807, 2.05) is 26.1 Å². The summed E-state index contributed by atoms with van der Waals surface area (Å²) in [6.07, 6.45) is 1.75. The van der Waals surface area contributed by atoms with Crippen molar-refractivity contribution in [1.29, 1.82) is 0 Å². The molecule has 0 aliphatic heterocycles. The van der Waals surface area contributed by atoms with Crippen LogP contribution in [-0.2, 0) is 0 Å². The Hall–Kier alpha value is -1.09. The molecule has 11 heavy (non-hydrogen) atoms. The zero-order valence-electron chi connectivity index (χ0n) is 6.83. The number of nitrogens with two attached hydrogens (primary N) is 1. The summed E-state index contributed by atoms with van der Waals surface area (Å²) in [6.45, 7) is 2.03. The van der Waals surface area contributed by atoms with Crippen LogP contribution < -0.4 is 11.1 Å². The first-order chi connectivity index (χ1) is 5.25. The van der Waals surface area contributed by atoms with Crippen molar-refractivity contribution in [2.75, 3.05) is 12.8 Å². The third kappa shape index (κ3) is 1.68. The first-order valence-electron chi connectivity index (χ1n) is 3.63. The van der Waals surface area contributed by atoms with Crippen LogP contribution in [0.3, 0.4) is 0 Å². The van der Waals surface area contributed by atoms with E-state index < -0.39 is 0 Å². The fourth-order valence-corrected chi connectivity index (χ4v) is 0.928. The molecule has 0 bridgehead atoms. The van der Waals surface area contributed by atoms with Gasteiger partial charge in [0.1, 0.15) is 0 Å². The summed E-state index contributed by atoms with van der Waals surface area (Å²) in [5, 5.41) is 3.08. The third-order valence-electron chi connectivity index (χ3n) is 1.71. The minimum Gasteiger partial charge on any atom is -0.397 e. The molecule has 1 aromatic rings. The van der Waals surface area contributed by atoms with Crippen molar-refractivity contribution in [2.45, 2.75) is 13.0 Å². The van der Waals surface area contributed by atoms with Gasteiger partial charge in [-0.3, -0.25) is 4.98 Å². The SMILES string of the molecule is CNC(C)c1ncccc1N. The van der Waals surface area contributed by atoms with Crippen molar-refractivity contribution < 1.29 is 0 Å². The number of nitrogens with zero attached hydrogens (tertiary/aromatic N) is 1. The Kier molecular flexibility index (Phi) is 2.44. The second kappa shape index (κ2) is 3.34. The minimum absolute atomic E-state index is 0.219. The van der Waals surface area contributed by atoms with Crippen molar-refractivity contribution in [3.05, 3.63) is 24.0 Å². The first-order valence-corrected chi connectivity index (χ1v) is 3.63. The monoisotopic (exact) mass is 151 g/mol. The molecule has 1 atom stereocenters. The van der Waals surface area contributed by atoms with Gasteiger partial charge in [-0.25, -0.2) is 0 Å². The maximum atomic E-state index is 5.69. The van der Waals surface area contributed by atoms with Crippen LogP contribution in [0.4, 0.5) is 5.69 Å². The lowest BCUT2D eigenvalue weighted by atomic mass is 10.2. The van der Waals surface area contributed by atoms with E-state index in [9.17, 15) is 0 Å². The predicted octanol–water partition coefficient (Wildman–Crippen LogP) is 0.944. The van der Waals surface area contributed by atoms with Crippen LogP contribution in [0.15, 0.2) is 18.3 Å². The van der Waals surface area contributed by atoms with Crippen LogP contribution in [-0.4, -0.2) is 12.0 Å². The summed E-state index contributed by atoms with van der Waals surface area (Å²) in [7, 11) is 1.89. The third-order valence-corrected chi connectivity index (χ3v) is 1.71. The van der Waals surface area contributed by atoms with Crippen molar-refractivity contribution >= 4 is 5.69 Å². The Balaban J connectivity index is 2.93. The summed E-state index contributed by atoms with van der Waals surface area (Å²) in [5.74, 6) is 0. The average Bonchev–Trinajstić information content (AvgIpc) is 2.04. The van der Waals surface area contributed by atoms with Gasteiger partial charge >= 0.3 is 0 Å². The Labute approximate surface area is 66.6 Å². The van der Waals surface area contributed by atoms with Gasteiger partial charge in [0, 0.05) is 12.2 Å². The summed E-state index contributed by atoms with van der Waals surface area (Å²) in [6, 6.07) is 3.91. The van der Waals surface area contributed by atoms with Crippen LogP contribution in [0.2, 0.25) is 0 Å². The molecule has 0 fully saturated rings. The highest BCUT2D eigenvalue weighted by atomic mass is 14.9. The summed E-state index contributed by atoms with van der Waals surface area (Å²) in [5.41, 5.74) is 7.35. The maximum Gasteiger partial charge on any atom is 0.0798 e. The van der Waals surface area contributed by atoms with Gasteiger partial charge in [-0.2, -0.15) is 0 Å². The lowest BCUT2D eigenvalue weighted by Gasteiger charge is -2.10. The maximum absolute atomic E-state index is 5.69. The van der Waals surface area contributed by atoms with Crippen molar-refractivity contribution in [1.82, 2.24) is 10.3 Å². The van der Waals surface area contributed by atoms with Gasteiger partial charge in [-0.1, -0.05) is 0 Å². The van der Waals surface area contributed by atoms with Crippen LogP contribution in [0.25, 0.3) is 0 Å². The molecule has 0 radical (unpaired) electrons. The zero-order valence-corrected chi connectivity index (χ0v) is 6.83. The molecule has 3 nitrogen and oxygen atoms in total. The second-order valence-electron chi connectivity index (χ2n) is 2.49. The molecule has 0 saturated carbocycles. The van der Waals surface area contributed by atoms with Crippen LogP contribution in [0, 0.1) is 0 Å². The number of hydrogen-bond donors (Lipinski definition) is 2. The molecule has 0 aliphatic rings. The fraction of sp³-hybridized carbons (Fsp3) is 0.375. The van der Waals surface area contributed by atoms with E-state index in [0.717, 1.165) is 11.4 Å². The summed E-state index contributed by atoms with van der Waals surface area (Å²) in [4.78, 5) is 4.16. The Bertz CT molecular complexity index is 235. The van der Waals surface area contributed by atoms with E-state index in [1.165, 1.54) is 0 Å². The Morgan fingerprint density at radius 1 is 1.64 bits per heavy atom. The molecule has 1 aromatic heterocycles. The molecule has 0 amide bonds. The van der Waals surface area contributed by atoms with Gasteiger partial charge in [-0.15, -0.1) is 0 Å². The van der Waals surface area contributed by atoms with Crippen molar-refractivity contribution in [2.24, 2.45) is 0 Å². The number of hydrogen-bond acceptors (Lipinski definition) is 3. The smallest absolute Gasteiger partial charge is 0.0798 e. The molecule has 60 valence electrons. The molecule has 3 heteroatoms. The number of pyridine rings is 1. The fourth-order valence-electron chi connectivity index (χ4n) is 0.928. The Morgan fingerprint density at radius 3 is 2.91 bits per heavy atom. The molecule has 0 spiro atoms. The molecule has 0 aliphatic carbocycles. The van der Waals surface area contributed by atoms with Crippen LogP contribution >= 0.6 is 0 Å². The van der Waals surface area contributed by atoms with Gasteiger partial charge in [0.25, 0.3) is 0 Å². The number of rotatable bonds is 2. The zero-order chi connectivity index (χ0) is 8.27. The van der Waals surface area contributed by atoms with E-state index in [4.69, 9.17) is 5.73 Å². The lowest BCUT2D eigenvalue weighted by Crippen LogP contribution is -2.15.